The first-order chi connectivity index (χ1) is 7.56. The van der Waals surface area contributed by atoms with Crippen molar-refractivity contribution in [2.24, 2.45) is 5.92 Å². The Morgan fingerprint density at radius 2 is 2.12 bits per heavy atom. The maximum Gasteiger partial charge on any atom is 0.226 e. The molecular formula is C12H15IN2O. The molecule has 86 valence electrons. The summed E-state index contributed by atoms with van der Waals surface area (Å²) in [5, 5.41) is 6.37. The van der Waals surface area contributed by atoms with Gasteiger partial charge in [-0.25, -0.2) is 0 Å². The van der Waals surface area contributed by atoms with Crippen LogP contribution < -0.4 is 10.6 Å². The van der Waals surface area contributed by atoms with Crippen molar-refractivity contribution >= 4 is 39.9 Å². The SMILES string of the molecule is CC(C)C1CC(=O)Nc2cc(I)ccc2N1. The van der Waals surface area contributed by atoms with E-state index in [-0.39, 0.29) is 11.9 Å². The van der Waals surface area contributed by atoms with E-state index in [0.29, 0.717) is 12.3 Å². The minimum absolute atomic E-state index is 0.0898. The molecule has 4 heteroatoms. The Morgan fingerprint density at radius 1 is 1.38 bits per heavy atom. The number of anilines is 2. The highest BCUT2D eigenvalue weighted by Gasteiger charge is 2.22. The molecule has 1 unspecified atom stereocenters. The highest BCUT2D eigenvalue weighted by molar-refractivity contribution is 14.1. The van der Waals surface area contributed by atoms with Crippen LogP contribution in [0.4, 0.5) is 11.4 Å². The molecule has 1 atom stereocenters. The summed E-state index contributed by atoms with van der Waals surface area (Å²) in [6.45, 7) is 4.26. The molecular weight excluding hydrogens is 315 g/mol. The molecule has 0 saturated carbocycles. The second kappa shape index (κ2) is 4.61. The molecule has 0 bridgehead atoms. The Labute approximate surface area is 109 Å². The molecule has 1 aliphatic heterocycles. The van der Waals surface area contributed by atoms with Gasteiger partial charge in [0.15, 0.2) is 0 Å². The highest BCUT2D eigenvalue weighted by Crippen LogP contribution is 2.29. The zero-order valence-electron chi connectivity index (χ0n) is 9.38. The van der Waals surface area contributed by atoms with Crippen LogP contribution in [0.2, 0.25) is 0 Å². The molecule has 1 amide bonds. The smallest absolute Gasteiger partial charge is 0.226 e. The second-order valence-electron chi connectivity index (χ2n) is 4.44. The van der Waals surface area contributed by atoms with E-state index in [9.17, 15) is 4.79 Å². The van der Waals surface area contributed by atoms with Gasteiger partial charge in [0.2, 0.25) is 5.91 Å². The Bertz CT molecular complexity index is 417. The normalized spacial score (nSPS) is 19.8. The molecule has 0 spiro atoms. The van der Waals surface area contributed by atoms with Crippen LogP contribution in [0.5, 0.6) is 0 Å². The number of hydrogen-bond donors (Lipinski definition) is 2. The van der Waals surface area contributed by atoms with E-state index in [4.69, 9.17) is 0 Å². The van der Waals surface area contributed by atoms with Crippen LogP contribution in [0, 0.1) is 9.49 Å². The molecule has 0 aromatic heterocycles. The molecule has 0 saturated heterocycles. The predicted molar refractivity (Wildman–Crippen MR) is 74.7 cm³/mol. The van der Waals surface area contributed by atoms with Crippen molar-refractivity contribution in [3.05, 3.63) is 21.8 Å². The zero-order valence-corrected chi connectivity index (χ0v) is 11.5. The number of fused-ring (bicyclic) bond motifs is 1. The van der Waals surface area contributed by atoms with Gasteiger partial charge < -0.3 is 10.6 Å². The summed E-state index contributed by atoms with van der Waals surface area (Å²) in [5.41, 5.74) is 1.91. The van der Waals surface area contributed by atoms with Crippen molar-refractivity contribution in [2.75, 3.05) is 10.6 Å². The van der Waals surface area contributed by atoms with Crippen LogP contribution >= 0.6 is 22.6 Å². The van der Waals surface area contributed by atoms with E-state index in [0.717, 1.165) is 14.9 Å². The molecule has 0 aliphatic carbocycles. The molecule has 0 fully saturated rings. The lowest BCUT2D eigenvalue weighted by molar-refractivity contribution is -0.116. The number of amides is 1. The molecule has 1 heterocycles. The lowest BCUT2D eigenvalue weighted by atomic mass is 10.0. The first-order valence-electron chi connectivity index (χ1n) is 5.42. The molecule has 16 heavy (non-hydrogen) atoms. The first kappa shape index (κ1) is 11.7. The minimum atomic E-state index is 0.0898. The summed E-state index contributed by atoms with van der Waals surface area (Å²) in [5.74, 6) is 0.530. The lowest BCUT2D eigenvalue weighted by Crippen LogP contribution is -2.27. The van der Waals surface area contributed by atoms with Gasteiger partial charge in [-0.1, -0.05) is 13.8 Å². The van der Waals surface area contributed by atoms with E-state index in [1.807, 2.05) is 18.2 Å². The van der Waals surface area contributed by atoms with Gasteiger partial charge in [-0.05, 0) is 46.7 Å². The second-order valence-corrected chi connectivity index (χ2v) is 5.68. The summed E-state index contributed by atoms with van der Waals surface area (Å²) in [6.07, 6.45) is 0.531. The fourth-order valence-electron chi connectivity index (χ4n) is 1.80. The monoisotopic (exact) mass is 330 g/mol. The summed E-state index contributed by atoms with van der Waals surface area (Å²) < 4.78 is 1.13. The highest BCUT2D eigenvalue weighted by atomic mass is 127. The van der Waals surface area contributed by atoms with E-state index in [2.05, 4.69) is 47.1 Å². The van der Waals surface area contributed by atoms with Gasteiger partial charge >= 0.3 is 0 Å². The average molecular weight is 330 g/mol. The Balaban J connectivity index is 2.35. The van der Waals surface area contributed by atoms with Crippen LogP contribution in [0.3, 0.4) is 0 Å². The van der Waals surface area contributed by atoms with E-state index >= 15 is 0 Å². The summed E-state index contributed by atoms with van der Waals surface area (Å²) in [4.78, 5) is 11.7. The summed E-state index contributed by atoms with van der Waals surface area (Å²) >= 11 is 2.25. The van der Waals surface area contributed by atoms with Crippen LogP contribution in [-0.2, 0) is 4.79 Å². The van der Waals surface area contributed by atoms with Crippen LogP contribution in [0.25, 0.3) is 0 Å². The van der Waals surface area contributed by atoms with Gasteiger partial charge in [-0.2, -0.15) is 0 Å². The van der Waals surface area contributed by atoms with Crippen molar-refractivity contribution in [3.8, 4) is 0 Å². The maximum atomic E-state index is 11.7. The number of hydrogen-bond acceptors (Lipinski definition) is 2. The number of nitrogens with one attached hydrogen (secondary N) is 2. The first-order valence-corrected chi connectivity index (χ1v) is 6.50. The predicted octanol–water partition coefficient (Wildman–Crippen LogP) is 3.07. The van der Waals surface area contributed by atoms with E-state index in [1.54, 1.807) is 0 Å². The topological polar surface area (TPSA) is 41.1 Å². The molecule has 1 aromatic carbocycles. The van der Waals surface area contributed by atoms with Gasteiger partial charge in [-0.3, -0.25) is 4.79 Å². The lowest BCUT2D eigenvalue weighted by Gasteiger charge is -2.20. The van der Waals surface area contributed by atoms with E-state index < -0.39 is 0 Å². The Kier molecular flexibility index (Phi) is 3.37. The number of halogens is 1. The fraction of sp³-hybridized carbons (Fsp3) is 0.417. The molecule has 0 radical (unpaired) electrons. The van der Waals surface area contributed by atoms with Crippen molar-refractivity contribution in [2.45, 2.75) is 26.3 Å². The Hall–Kier alpha value is -0.780. The third-order valence-electron chi connectivity index (χ3n) is 2.81. The summed E-state index contributed by atoms with van der Waals surface area (Å²) in [7, 11) is 0. The van der Waals surface area contributed by atoms with Crippen LogP contribution in [0.15, 0.2) is 18.2 Å². The third kappa shape index (κ3) is 2.48. The van der Waals surface area contributed by atoms with Gasteiger partial charge in [-0.15, -0.1) is 0 Å². The van der Waals surface area contributed by atoms with Crippen molar-refractivity contribution < 1.29 is 4.79 Å². The molecule has 2 N–H and O–H groups in total. The quantitative estimate of drug-likeness (QED) is 0.777. The molecule has 1 aliphatic rings. The number of carbonyl (C=O) groups excluding carboxylic acids is 1. The minimum Gasteiger partial charge on any atom is -0.380 e. The standard InChI is InChI=1S/C12H15IN2O/c1-7(2)10-6-12(16)15-11-5-8(13)3-4-9(11)14-10/h3-5,7,10,14H,6H2,1-2H3,(H,15,16). The molecule has 3 nitrogen and oxygen atoms in total. The largest absolute Gasteiger partial charge is 0.380 e. The third-order valence-corrected chi connectivity index (χ3v) is 3.48. The van der Waals surface area contributed by atoms with Crippen molar-refractivity contribution in [1.29, 1.82) is 0 Å². The van der Waals surface area contributed by atoms with Gasteiger partial charge in [0, 0.05) is 16.0 Å². The maximum absolute atomic E-state index is 11.7. The number of carbonyl (C=O) groups is 1. The van der Waals surface area contributed by atoms with Gasteiger partial charge in [0.25, 0.3) is 0 Å². The van der Waals surface area contributed by atoms with Crippen molar-refractivity contribution in [3.63, 3.8) is 0 Å². The van der Waals surface area contributed by atoms with Crippen LogP contribution in [-0.4, -0.2) is 11.9 Å². The zero-order chi connectivity index (χ0) is 11.7. The number of rotatable bonds is 1. The number of benzene rings is 1. The van der Waals surface area contributed by atoms with Crippen LogP contribution in [0.1, 0.15) is 20.3 Å². The Morgan fingerprint density at radius 3 is 2.81 bits per heavy atom. The molecule has 2 rings (SSSR count). The fourth-order valence-corrected chi connectivity index (χ4v) is 2.29. The van der Waals surface area contributed by atoms with Crippen molar-refractivity contribution in [1.82, 2.24) is 0 Å². The summed E-state index contributed by atoms with van der Waals surface area (Å²) in [6, 6.07) is 6.27. The van der Waals surface area contributed by atoms with Gasteiger partial charge in [0.05, 0.1) is 11.4 Å². The van der Waals surface area contributed by atoms with E-state index in [1.165, 1.54) is 0 Å². The molecule has 1 aromatic rings. The van der Waals surface area contributed by atoms with Gasteiger partial charge in [0.1, 0.15) is 0 Å². The average Bonchev–Trinajstić information content (AvgIpc) is 2.35.